The molecule has 0 saturated carbocycles. The van der Waals surface area contributed by atoms with Crippen LogP contribution >= 0.6 is 82.2 Å². The molecule has 0 amide bonds. The molecular weight excluding hydrogens is 732 g/mol. The van der Waals surface area contributed by atoms with Crippen LogP contribution in [0.3, 0.4) is 0 Å². The standard InChI is InChI=1S/C22H28Cl4N12O2P2S2/c1-21(31-19(35-33-15(11-23)12-24)43-41(21,39)37-17-27-7-3-8-28-17)5-6-22(2)32-20(36-34-16(13-25)14-26)44-42(22,40)38-18-29-9-4-10-30-18/h3-4,7-10H,5-6,11-14H2,1-2H3,(H,31,35)(H,32,36)(H,27,28,37,39)(H,29,30,38,40). The van der Waals surface area contributed by atoms with Gasteiger partial charge in [0.05, 0.1) is 34.9 Å². The minimum absolute atomic E-state index is 0.110. The molecule has 14 nitrogen and oxygen atoms in total. The molecule has 0 radical (unpaired) electrons. The van der Waals surface area contributed by atoms with Gasteiger partial charge in [-0.3, -0.25) is 30.2 Å². The smallest absolute Gasteiger partial charge is 0.259 e. The number of amidine groups is 2. The third kappa shape index (κ3) is 8.19. The van der Waals surface area contributed by atoms with Crippen molar-refractivity contribution < 1.29 is 9.13 Å². The van der Waals surface area contributed by atoms with E-state index in [4.69, 9.17) is 56.4 Å². The highest BCUT2D eigenvalue weighted by Crippen LogP contribution is 2.76. The molecule has 4 rings (SSSR count). The second kappa shape index (κ2) is 15.3. The molecule has 2 aliphatic heterocycles. The van der Waals surface area contributed by atoms with E-state index < -0.39 is 23.5 Å². The Balaban J connectivity index is 1.67. The largest absolute Gasteiger partial charge is 0.295 e. The molecule has 4 unspecified atom stereocenters. The number of halogens is 4. The first-order chi connectivity index (χ1) is 21.0. The monoisotopic (exact) mass is 758 g/mol. The number of nitrogens with one attached hydrogen (secondary N) is 4. The zero-order valence-corrected chi connectivity index (χ0v) is 29.8. The first-order valence-electron chi connectivity index (χ1n) is 12.8. The highest BCUT2D eigenvalue weighted by molar-refractivity contribution is 8.66. The molecule has 0 spiro atoms. The van der Waals surface area contributed by atoms with Crippen LogP contribution < -0.4 is 21.0 Å². The number of hydrogen-bond donors (Lipinski definition) is 4. The fourth-order valence-corrected chi connectivity index (χ4v) is 13.5. The minimum Gasteiger partial charge on any atom is -0.295 e. The molecule has 0 aromatic carbocycles. The topological polar surface area (TPSA) is 183 Å². The maximum absolute atomic E-state index is 14.6. The molecule has 4 heterocycles. The van der Waals surface area contributed by atoms with Gasteiger partial charge in [-0.05, 0) is 38.8 Å². The van der Waals surface area contributed by atoms with Gasteiger partial charge in [-0.25, -0.2) is 29.9 Å². The molecule has 0 saturated heterocycles. The molecule has 0 aliphatic carbocycles. The predicted octanol–water partition coefficient (Wildman–Crippen LogP) is 6.44. The van der Waals surface area contributed by atoms with E-state index in [-0.39, 0.29) is 58.6 Å². The van der Waals surface area contributed by atoms with Gasteiger partial charge in [-0.2, -0.15) is 10.2 Å². The van der Waals surface area contributed by atoms with Crippen LogP contribution in [0.25, 0.3) is 0 Å². The maximum atomic E-state index is 14.6. The van der Waals surface area contributed by atoms with E-state index in [1.165, 1.54) is 24.8 Å². The van der Waals surface area contributed by atoms with Gasteiger partial charge in [0.25, 0.3) is 13.0 Å². The molecule has 4 N–H and O–H groups in total. The maximum Gasteiger partial charge on any atom is 0.259 e. The number of aromatic nitrogens is 4. The van der Waals surface area contributed by atoms with Crippen molar-refractivity contribution in [1.82, 2.24) is 30.8 Å². The Morgan fingerprint density at radius 2 is 1.05 bits per heavy atom. The summed E-state index contributed by atoms with van der Waals surface area (Å²) in [6.07, 6.45) is 6.49. The van der Waals surface area contributed by atoms with E-state index in [9.17, 15) is 9.13 Å². The van der Waals surface area contributed by atoms with Crippen LogP contribution in [0.2, 0.25) is 0 Å². The first kappa shape index (κ1) is 35.2. The zero-order chi connectivity index (χ0) is 31.8. The Hall–Kier alpha value is -1.64. The Morgan fingerprint density at radius 1 is 0.705 bits per heavy atom. The number of alkyl halides is 4. The van der Waals surface area contributed by atoms with Gasteiger partial charge in [-0.15, -0.1) is 46.4 Å². The molecule has 2 aromatic rings. The summed E-state index contributed by atoms with van der Waals surface area (Å²) in [6.45, 7) is -3.54. The van der Waals surface area contributed by atoms with E-state index >= 15 is 0 Å². The normalized spacial score (nSPS) is 27.6. The number of rotatable bonds is 13. The SMILES string of the molecule is CC1(CCC2(C)N=C(NN=C(CCl)CCl)SP2(=O)Nc2ncccn2)N=C(NN=C(CCl)CCl)SP1(=O)Nc1ncccn1. The summed E-state index contributed by atoms with van der Waals surface area (Å²) in [6, 6.07) is 3.30. The molecule has 238 valence electrons. The van der Waals surface area contributed by atoms with Crippen LogP contribution in [0.1, 0.15) is 26.7 Å². The van der Waals surface area contributed by atoms with Crippen molar-refractivity contribution in [3.63, 3.8) is 0 Å². The van der Waals surface area contributed by atoms with E-state index in [2.05, 4.69) is 51.2 Å². The van der Waals surface area contributed by atoms with Crippen molar-refractivity contribution in [2.45, 2.75) is 37.2 Å². The van der Waals surface area contributed by atoms with Crippen molar-refractivity contribution in [2.24, 2.45) is 20.2 Å². The van der Waals surface area contributed by atoms with E-state index in [0.29, 0.717) is 11.4 Å². The average Bonchev–Trinajstić information content (AvgIpc) is 3.41. The first-order valence-corrected chi connectivity index (χ1v) is 21.2. The second-order valence-electron chi connectivity index (χ2n) is 9.54. The quantitative estimate of drug-likeness (QED) is 0.0760. The highest BCUT2D eigenvalue weighted by atomic mass is 35.5. The van der Waals surface area contributed by atoms with Crippen LogP contribution in [0, 0.1) is 0 Å². The lowest BCUT2D eigenvalue weighted by molar-refractivity contribution is 0.464. The third-order valence-electron chi connectivity index (χ3n) is 6.32. The van der Waals surface area contributed by atoms with Gasteiger partial charge in [0.1, 0.15) is 10.6 Å². The van der Waals surface area contributed by atoms with Gasteiger partial charge in [0.15, 0.2) is 10.3 Å². The molecule has 2 aliphatic rings. The molecule has 44 heavy (non-hydrogen) atoms. The van der Waals surface area contributed by atoms with E-state index in [0.717, 1.165) is 22.8 Å². The Bertz CT molecular complexity index is 1420. The number of anilines is 2. The zero-order valence-electron chi connectivity index (χ0n) is 23.3. The Kier molecular flexibility index (Phi) is 12.2. The molecule has 4 atom stereocenters. The molecular formula is C22H28Cl4N12O2P2S2. The number of nitrogens with zero attached hydrogens (tertiary/aromatic N) is 8. The summed E-state index contributed by atoms with van der Waals surface area (Å²) < 4.78 is 29.2. The van der Waals surface area contributed by atoms with Gasteiger partial charge < -0.3 is 0 Å². The lowest BCUT2D eigenvalue weighted by atomic mass is 10.1. The van der Waals surface area contributed by atoms with Crippen molar-refractivity contribution >= 4 is 116 Å². The molecule has 22 heteroatoms. The van der Waals surface area contributed by atoms with Gasteiger partial charge in [-0.1, -0.05) is 0 Å². The molecule has 2 aromatic heterocycles. The van der Waals surface area contributed by atoms with Crippen LogP contribution in [0.5, 0.6) is 0 Å². The number of hydrogen-bond acceptors (Lipinski definition) is 14. The van der Waals surface area contributed by atoms with Crippen LogP contribution in [-0.4, -0.2) is 75.8 Å². The van der Waals surface area contributed by atoms with E-state index in [1.807, 2.05) is 0 Å². The number of hydrazone groups is 2. The average molecular weight is 760 g/mol. The summed E-state index contributed by atoms with van der Waals surface area (Å²) in [5, 5.41) is 12.5. The highest BCUT2D eigenvalue weighted by Gasteiger charge is 2.57. The van der Waals surface area contributed by atoms with Crippen molar-refractivity contribution in [3.8, 4) is 0 Å². The van der Waals surface area contributed by atoms with Gasteiger partial charge in [0, 0.05) is 47.6 Å². The van der Waals surface area contributed by atoms with Crippen LogP contribution in [-0.2, 0) is 9.13 Å². The fourth-order valence-electron chi connectivity index (χ4n) is 3.73. The fraction of sp³-hybridized carbons (Fsp3) is 0.455. The van der Waals surface area contributed by atoms with Crippen LogP contribution in [0.4, 0.5) is 11.9 Å². The summed E-state index contributed by atoms with van der Waals surface area (Å²) in [5.41, 5.74) is 6.62. The minimum atomic E-state index is -3.51. The number of aliphatic imine (C=N–C) groups is 2. The molecule has 0 fully saturated rings. The Labute approximate surface area is 282 Å². The lowest BCUT2D eigenvalue weighted by Crippen LogP contribution is -2.29. The van der Waals surface area contributed by atoms with Crippen molar-refractivity contribution in [1.29, 1.82) is 0 Å². The second-order valence-corrected chi connectivity index (χ2v) is 20.5. The van der Waals surface area contributed by atoms with Gasteiger partial charge in [0.2, 0.25) is 11.9 Å². The van der Waals surface area contributed by atoms with Crippen LogP contribution in [0.15, 0.2) is 57.1 Å². The molecule has 0 bridgehead atoms. The summed E-state index contributed by atoms with van der Waals surface area (Å²) >= 11 is 25.6. The predicted molar refractivity (Wildman–Crippen MR) is 187 cm³/mol. The Morgan fingerprint density at radius 3 is 1.36 bits per heavy atom. The van der Waals surface area contributed by atoms with E-state index in [1.54, 1.807) is 26.0 Å². The summed E-state index contributed by atoms with van der Waals surface area (Å²) in [5.74, 6) is 0.781. The summed E-state index contributed by atoms with van der Waals surface area (Å²) in [4.78, 5) is 26.3. The van der Waals surface area contributed by atoms with Gasteiger partial charge >= 0.3 is 0 Å². The van der Waals surface area contributed by atoms with Crippen molar-refractivity contribution in [3.05, 3.63) is 36.9 Å². The summed E-state index contributed by atoms with van der Waals surface area (Å²) in [7, 11) is 0. The lowest BCUT2D eigenvalue weighted by Gasteiger charge is -2.33. The van der Waals surface area contributed by atoms with Crippen molar-refractivity contribution in [2.75, 3.05) is 33.7 Å². The third-order valence-corrected chi connectivity index (χ3v) is 18.4.